The molecular formula is C12H16F2N2O3. The minimum Gasteiger partial charge on any atom is -0.496 e. The van der Waals surface area contributed by atoms with E-state index in [1.165, 1.54) is 13.2 Å². The van der Waals surface area contributed by atoms with Gasteiger partial charge in [-0.1, -0.05) is 0 Å². The molecule has 5 nitrogen and oxygen atoms in total. The molecule has 0 aromatic carbocycles. The number of pyridine rings is 1. The highest BCUT2D eigenvalue weighted by Crippen LogP contribution is 2.29. The van der Waals surface area contributed by atoms with Crippen molar-refractivity contribution in [1.82, 2.24) is 4.98 Å². The van der Waals surface area contributed by atoms with Gasteiger partial charge in [0.05, 0.1) is 25.8 Å². The van der Waals surface area contributed by atoms with Crippen LogP contribution in [0.1, 0.15) is 30.3 Å². The Morgan fingerprint density at radius 1 is 1.53 bits per heavy atom. The van der Waals surface area contributed by atoms with E-state index in [1.807, 2.05) is 0 Å². The first-order chi connectivity index (χ1) is 9.03. The van der Waals surface area contributed by atoms with E-state index in [0.29, 0.717) is 0 Å². The van der Waals surface area contributed by atoms with Crippen LogP contribution in [0.4, 0.5) is 8.78 Å². The molecule has 0 aliphatic rings. The van der Waals surface area contributed by atoms with E-state index in [4.69, 9.17) is 15.2 Å². The van der Waals surface area contributed by atoms with E-state index in [-0.39, 0.29) is 36.6 Å². The van der Waals surface area contributed by atoms with Crippen LogP contribution in [0.15, 0.2) is 6.07 Å². The van der Waals surface area contributed by atoms with Crippen molar-refractivity contribution in [2.75, 3.05) is 13.7 Å². The standard InChI is InChI=1S/C12H16F2N2O3/c1-3-19-10(17)5-7-4-9(18-2)8(6-15)11(16-7)12(13)14/h4,12H,3,5-6,15H2,1-2H3. The Bertz CT molecular complexity index is 453. The van der Waals surface area contributed by atoms with Crippen LogP contribution < -0.4 is 10.5 Å². The largest absolute Gasteiger partial charge is 0.496 e. The first-order valence-corrected chi connectivity index (χ1v) is 5.73. The predicted octanol–water partition coefficient (Wildman–Crippen LogP) is 1.59. The zero-order valence-corrected chi connectivity index (χ0v) is 10.8. The average molecular weight is 274 g/mol. The van der Waals surface area contributed by atoms with E-state index in [2.05, 4.69) is 4.98 Å². The van der Waals surface area contributed by atoms with E-state index < -0.39 is 18.1 Å². The van der Waals surface area contributed by atoms with Gasteiger partial charge in [-0.15, -0.1) is 0 Å². The van der Waals surface area contributed by atoms with Crippen LogP contribution in [0.5, 0.6) is 5.75 Å². The van der Waals surface area contributed by atoms with Crippen molar-refractivity contribution in [2.24, 2.45) is 5.73 Å². The molecule has 0 fully saturated rings. The molecule has 1 rings (SSSR count). The summed E-state index contributed by atoms with van der Waals surface area (Å²) >= 11 is 0. The van der Waals surface area contributed by atoms with Gasteiger partial charge in [0.2, 0.25) is 0 Å². The molecule has 0 bridgehead atoms. The molecule has 19 heavy (non-hydrogen) atoms. The lowest BCUT2D eigenvalue weighted by atomic mass is 10.1. The van der Waals surface area contributed by atoms with Crippen LogP contribution >= 0.6 is 0 Å². The number of carbonyl (C=O) groups excluding carboxylic acids is 1. The summed E-state index contributed by atoms with van der Waals surface area (Å²) in [6, 6.07) is 1.42. The third-order valence-electron chi connectivity index (χ3n) is 2.43. The van der Waals surface area contributed by atoms with Crippen molar-refractivity contribution in [2.45, 2.75) is 26.3 Å². The number of nitrogens with zero attached hydrogens (tertiary/aromatic N) is 1. The van der Waals surface area contributed by atoms with Gasteiger partial charge in [0.1, 0.15) is 11.4 Å². The number of nitrogens with two attached hydrogens (primary N) is 1. The molecule has 0 aliphatic carbocycles. The summed E-state index contributed by atoms with van der Waals surface area (Å²) in [6.07, 6.45) is -2.97. The lowest BCUT2D eigenvalue weighted by Crippen LogP contribution is -2.13. The molecular weight excluding hydrogens is 258 g/mol. The van der Waals surface area contributed by atoms with Crippen molar-refractivity contribution >= 4 is 5.97 Å². The van der Waals surface area contributed by atoms with Gasteiger partial charge in [-0.05, 0) is 6.92 Å². The first-order valence-electron chi connectivity index (χ1n) is 5.73. The number of alkyl halides is 2. The molecule has 7 heteroatoms. The minimum absolute atomic E-state index is 0.116. The second-order valence-corrected chi connectivity index (χ2v) is 3.67. The number of aromatic nitrogens is 1. The summed E-state index contributed by atoms with van der Waals surface area (Å²) in [5.74, 6) is -0.329. The summed E-state index contributed by atoms with van der Waals surface area (Å²) < 4.78 is 35.6. The summed E-state index contributed by atoms with van der Waals surface area (Å²) in [5, 5.41) is 0. The number of halogens is 2. The Morgan fingerprint density at radius 3 is 2.68 bits per heavy atom. The zero-order chi connectivity index (χ0) is 14.4. The summed E-state index contributed by atoms with van der Waals surface area (Å²) in [4.78, 5) is 15.1. The third kappa shape index (κ3) is 3.85. The molecule has 0 atom stereocenters. The monoisotopic (exact) mass is 274 g/mol. The smallest absolute Gasteiger partial charge is 0.311 e. The number of hydrogen-bond acceptors (Lipinski definition) is 5. The Hall–Kier alpha value is -1.76. The minimum atomic E-state index is -2.78. The maximum Gasteiger partial charge on any atom is 0.311 e. The van der Waals surface area contributed by atoms with Crippen LogP contribution in [0.2, 0.25) is 0 Å². The maximum atomic E-state index is 12.9. The van der Waals surface area contributed by atoms with Gasteiger partial charge in [-0.2, -0.15) is 0 Å². The quantitative estimate of drug-likeness (QED) is 0.797. The van der Waals surface area contributed by atoms with Crippen molar-refractivity contribution in [3.63, 3.8) is 0 Å². The molecule has 0 unspecified atom stereocenters. The highest BCUT2D eigenvalue weighted by Gasteiger charge is 2.20. The Morgan fingerprint density at radius 2 is 2.21 bits per heavy atom. The van der Waals surface area contributed by atoms with Crippen LogP contribution in [0.25, 0.3) is 0 Å². The fourth-order valence-corrected chi connectivity index (χ4v) is 1.64. The van der Waals surface area contributed by atoms with Gasteiger partial charge >= 0.3 is 5.97 Å². The second-order valence-electron chi connectivity index (χ2n) is 3.67. The van der Waals surface area contributed by atoms with E-state index in [9.17, 15) is 13.6 Å². The molecule has 1 aromatic heterocycles. The molecule has 0 saturated heterocycles. The Labute approximate surface area is 109 Å². The SMILES string of the molecule is CCOC(=O)Cc1cc(OC)c(CN)c(C(F)F)n1. The van der Waals surface area contributed by atoms with Crippen LogP contribution in [-0.4, -0.2) is 24.7 Å². The Balaban J connectivity index is 3.13. The molecule has 0 aliphatic heterocycles. The Kier molecular flexibility index (Phi) is 5.62. The van der Waals surface area contributed by atoms with Gasteiger partial charge in [0.25, 0.3) is 6.43 Å². The predicted molar refractivity (Wildman–Crippen MR) is 64.0 cm³/mol. The normalized spacial score (nSPS) is 10.6. The highest BCUT2D eigenvalue weighted by atomic mass is 19.3. The van der Waals surface area contributed by atoms with Crippen LogP contribution in [0.3, 0.4) is 0 Å². The molecule has 0 amide bonds. The number of carbonyl (C=O) groups is 1. The zero-order valence-electron chi connectivity index (χ0n) is 10.8. The highest BCUT2D eigenvalue weighted by molar-refractivity contribution is 5.72. The molecule has 0 saturated carbocycles. The lowest BCUT2D eigenvalue weighted by Gasteiger charge is -2.13. The van der Waals surface area contributed by atoms with Crippen molar-refractivity contribution in [3.05, 3.63) is 23.0 Å². The number of esters is 1. The fourth-order valence-electron chi connectivity index (χ4n) is 1.64. The van der Waals surface area contributed by atoms with Crippen molar-refractivity contribution in [3.8, 4) is 5.75 Å². The molecule has 1 heterocycles. The summed E-state index contributed by atoms with van der Waals surface area (Å²) in [6.45, 7) is 1.77. The molecule has 1 aromatic rings. The molecule has 0 spiro atoms. The number of hydrogen-bond donors (Lipinski definition) is 1. The summed E-state index contributed by atoms with van der Waals surface area (Å²) in [7, 11) is 1.35. The lowest BCUT2D eigenvalue weighted by molar-refractivity contribution is -0.142. The van der Waals surface area contributed by atoms with E-state index >= 15 is 0 Å². The fraction of sp³-hybridized carbons (Fsp3) is 0.500. The van der Waals surface area contributed by atoms with Gasteiger partial charge < -0.3 is 15.2 Å². The topological polar surface area (TPSA) is 74.4 Å². The molecule has 0 radical (unpaired) electrons. The number of ether oxygens (including phenoxy) is 2. The molecule has 106 valence electrons. The van der Waals surface area contributed by atoms with Crippen LogP contribution in [0, 0.1) is 0 Å². The molecule has 2 N–H and O–H groups in total. The first kappa shape index (κ1) is 15.3. The van der Waals surface area contributed by atoms with E-state index in [1.54, 1.807) is 6.92 Å². The van der Waals surface area contributed by atoms with Crippen molar-refractivity contribution < 1.29 is 23.0 Å². The van der Waals surface area contributed by atoms with Gasteiger partial charge in [0, 0.05) is 18.2 Å². The second kappa shape index (κ2) is 6.98. The van der Waals surface area contributed by atoms with Crippen LogP contribution in [-0.2, 0) is 22.5 Å². The van der Waals surface area contributed by atoms with E-state index in [0.717, 1.165) is 0 Å². The number of rotatable bonds is 6. The average Bonchev–Trinajstić information content (AvgIpc) is 2.37. The maximum absolute atomic E-state index is 12.9. The van der Waals surface area contributed by atoms with Gasteiger partial charge in [0.15, 0.2) is 0 Å². The number of methoxy groups -OCH3 is 1. The third-order valence-corrected chi connectivity index (χ3v) is 2.43. The summed E-state index contributed by atoms with van der Waals surface area (Å²) in [5.41, 5.74) is 5.27. The van der Waals surface area contributed by atoms with Gasteiger partial charge in [-0.3, -0.25) is 9.78 Å². The van der Waals surface area contributed by atoms with Gasteiger partial charge in [-0.25, -0.2) is 8.78 Å². The van der Waals surface area contributed by atoms with Crippen molar-refractivity contribution in [1.29, 1.82) is 0 Å².